The van der Waals surface area contributed by atoms with Crippen LogP contribution >= 0.6 is 0 Å². The van der Waals surface area contributed by atoms with Crippen molar-refractivity contribution in [1.82, 2.24) is 9.97 Å². The molecule has 0 unspecified atom stereocenters. The van der Waals surface area contributed by atoms with Gasteiger partial charge in [-0.25, -0.2) is 4.98 Å². The largest absolute Gasteiger partial charge is 0.349 e. The van der Waals surface area contributed by atoms with Crippen molar-refractivity contribution in [2.75, 3.05) is 0 Å². The van der Waals surface area contributed by atoms with Crippen LogP contribution in [0.1, 0.15) is 17.8 Å². The average Bonchev–Trinajstić information content (AvgIpc) is 2.92. The van der Waals surface area contributed by atoms with Gasteiger partial charge in [0, 0.05) is 18.8 Å². The van der Waals surface area contributed by atoms with Crippen molar-refractivity contribution in [2.24, 2.45) is 0 Å². The van der Waals surface area contributed by atoms with Crippen molar-refractivity contribution in [3.8, 4) is 0 Å². The van der Waals surface area contributed by atoms with E-state index in [9.17, 15) is 0 Å². The smallest absolute Gasteiger partial charge is 0.106 e. The lowest BCUT2D eigenvalue weighted by molar-refractivity contribution is 0.786. The Kier molecular flexibility index (Phi) is 3.09. The molecular weight excluding hydrogens is 220 g/mol. The van der Waals surface area contributed by atoms with E-state index in [1.54, 1.807) is 0 Å². The van der Waals surface area contributed by atoms with Crippen LogP contribution < -0.4 is 0 Å². The Hall–Kier alpha value is -2.09. The van der Waals surface area contributed by atoms with Crippen molar-refractivity contribution in [1.29, 1.82) is 0 Å². The standard InChI is InChI=1S/C16H16N2/c1-2-9-15-13(5-1)6-3-7-14(15)8-4-10-16-17-11-12-18-16/h1-3,5-7,9,11-12H,4,8,10H2,(H,17,18). The maximum Gasteiger partial charge on any atom is 0.106 e. The normalized spacial score (nSPS) is 10.9. The van der Waals surface area contributed by atoms with E-state index >= 15 is 0 Å². The minimum absolute atomic E-state index is 1.01. The second-order valence-electron chi connectivity index (χ2n) is 4.53. The zero-order valence-electron chi connectivity index (χ0n) is 10.3. The number of nitrogens with one attached hydrogen (secondary N) is 1. The molecule has 3 rings (SSSR count). The first-order valence-corrected chi connectivity index (χ1v) is 6.38. The van der Waals surface area contributed by atoms with E-state index in [0.29, 0.717) is 0 Å². The summed E-state index contributed by atoms with van der Waals surface area (Å²) in [5, 5.41) is 2.70. The van der Waals surface area contributed by atoms with Gasteiger partial charge in [0.05, 0.1) is 0 Å². The van der Waals surface area contributed by atoms with E-state index in [4.69, 9.17) is 0 Å². The molecule has 3 aromatic rings. The molecule has 18 heavy (non-hydrogen) atoms. The van der Waals surface area contributed by atoms with Crippen LogP contribution in [0.15, 0.2) is 54.9 Å². The van der Waals surface area contributed by atoms with Crippen LogP contribution in [0, 0.1) is 0 Å². The molecule has 2 aromatic carbocycles. The molecule has 0 saturated heterocycles. The van der Waals surface area contributed by atoms with Gasteiger partial charge in [-0.05, 0) is 29.2 Å². The summed E-state index contributed by atoms with van der Waals surface area (Å²) in [6.45, 7) is 0. The highest BCUT2D eigenvalue weighted by Gasteiger charge is 2.01. The molecule has 0 saturated carbocycles. The van der Waals surface area contributed by atoms with Gasteiger partial charge in [0.2, 0.25) is 0 Å². The number of fused-ring (bicyclic) bond motifs is 1. The number of benzene rings is 2. The minimum atomic E-state index is 1.01. The molecule has 1 heterocycles. The van der Waals surface area contributed by atoms with E-state index in [1.165, 1.54) is 16.3 Å². The van der Waals surface area contributed by atoms with E-state index in [-0.39, 0.29) is 0 Å². The van der Waals surface area contributed by atoms with E-state index in [0.717, 1.165) is 25.1 Å². The molecule has 0 aliphatic heterocycles. The maximum absolute atomic E-state index is 4.25. The van der Waals surface area contributed by atoms with Crippen molar-refractivity contribution in [3.05, 3.63) is 66.2 Å². The molecule has 0 spiro atoms. The highest BCUT2D eigenvalue weighted by atomic mass is 14.9. The summed E-state index contributed by atoms with van der Waals surface area (Å²) in [5.74, 6) is 1.08. The first-order valence-electron chi connectivity index (χ1n) is 6.38. The molecule has 0 atom stereocenters. The van der Waals surface area contributed by atoms with Gasteiger partial charge in [-0.3, -0.25) is 0 Å². The van der Waals surface area contributed by atoms with E-state index in [1.807, 2.05) is 12.4 Å². The molecule has 0 aliphatic rings. The lowest BCUT2D eigenvalue weighted by atomic mass is 10.0. The van der Waals surface area contributed by atoms with Gasteiger partial charge >= 0.3 is 0 Å². The fourth-order valence-corrected chi connectivity index (χ4v) is 2.39. The zero-order chi connectivity index (χ0) is 12.2. The Balaban J connectivity index is 1.74. The van der Waals surface area contributed by atoms with Gasteiger partial charge in [0.1, 0.15) is 5.82 Å². The SMILES string of the molecule is c1ccc2c(CCCc3ncc[nH]3)cccc2c1. The number of aromatic amines is 1. The first kappa shape index (κ1) is 11.0. The molecule has 1 aromatic heterocycles. The van der Waals surface area contributed by atoms with Crippen LogP contribution in [0.2, 0.25) is 0 Å². The number of imidazole rings is 1. The third-order valence-corrected chi connectivity index (χ3v) is 3.29. The quantitative estimate of drug-likeness (QED) is 0.734. The third kappa shape index (κ3) is 2.28. The van der Waals surface area contributed by atoms with Gasteiger partial charge < -0.3 is 4.98 Å². The minimum Gasteiger partial charge on any atom is -0.349 e. The molecule has 0 fully saturated rings. The Morgan fingerprint density at radius 3 is 2.72 bits per heavy atom. The number of rotatable bonds is 4. The van der Waals surface area contributed by atoms with Gasteiger partial charge in [-0.15, -0.1) is 0 Å². The second-order valence-corrected chi connectivity index (χ2v) is 4.53. The number of hydrogen-bond acceptors (Lipinski definition) is 1. The molecule has 90 valence electrons. The molecule has 2 nitrogen and oxygen atoms in total. The lowest BCUT2D eigenvalue weighted by Gasteiger charge is -2.05. The fraction of sp³-hybridized carbons (Fsp3) is 0.188. The highest BCUT2D eigenvalue weighted by Crippen LogP contribution is 2.20. The monoisotopic (exact) mass is 236 g/mol. The van der Waals surface area contributed by atoms with Gasteiger partial charge in [0.15, 0.2) is 0 Å². The summed E-state index contributed by atoms with van der Waals surface area (Å²) in [7, 11) is 0. The third-order valence-electron chi connectivity index (χ3n) is 3.29. The molecule has 1 N–H and O–H groups in total. The van der Waals surface area contributed by atoms with Crippen LogP contribution in [0.4, 0.5) is 0 Å². The summed E-state index contributed by atoms with van der Waals surface area (Å²) in [6, 6.07) is 15.1. The molecule has 0 aliphatic carbocycles. The number of nitrogens with zero attached hydrogens (tertiary/aromatic N) is 1. The van der Waals surface area contributed by atoms with Gasteiger partial charge in [0.25, 0.3) is 0 Å². The molecule has 2 heteroatoms. The average molecular weight is 236 g/mol. The van der Waals surface area contributed by atoms with Crippen LogP contribution in [0.5, 0.6) is 0 Å². The van der Waals surface area contributed by atoms with Gasteiger partial charge in [-0.1, -0.05) is 42.5 Å². The van der Waals surface area contributed by atoms with Crippen molar-refractivity contribution in [3.63, 3.8) is 0 Å². The number of H-pyrrole nitrogens is 1. The summed E-state index contributed by atoms with van der Waals surface area (Å²) >= 11 is 0. The van der Waals surface area contributed by atoms with Crippen LogP contribution in [0.25, 0.3) is 10.8 Å². The van der Waals surface area contributed by atoms with Gasteiger partial charge in [-0.2, -0.15) is 0 Å². The van der Waals surface area contributed by atoms with Crippen molar-refractivity contribution < 1.29 is 0 Å². The van der Waals surface area contributed by atoms with Crippen molar-refractivity contribution >= 4 is 10.8 Å². The maximum atomic E-state index is 4.25. The molecule has 0 bridgehead atoms. The number of hydrogen-bond donors (Lipinski definition) is 1. The zero-order valence-corrected chi connectivity index (χ0v) is 10.3. The fourth-order valence-electron chi connectivity index (χ4n) is 2.39. The highest BCUT2D eigenvalue weighted by molar-refractivity contribution is 5.85. The predicted molar refractivity (Wildman–Crippen MR) is 74.6 cm³/mol. The topological polar surface area (TPSA) is 28.7 Å². The van der Waals surface area contributed by atoms with Crippen LogP contribution in [0.3, 0.4) is 0 Å². The van der Waals surface area contributed by atoms with Crippen molar-refractivity contribution in [2.45, 2.75) is 19.3 Å². The number of aromatic nitrogens is 2. The molecule has 0 radical (unpaired) electrons. The summed E-state index contributed by atoms with van der Waals surface area (Å²) < 4.78 is 0. The lowest BCUT2D eigenvalue weighted by Crippen LogP contribution is -1.92. The Morgan fingerprint density at radius 1 is 0.944 bits per heavy atom. The Bertz CT molecular complexity index is 621. The predicted octanol–water partition coefficient (Wildman–Crippen LogP) is 3.74. The van der Waals surface area contributed by atoms with Crippen LogP contribution in [-0.4, -0.2) is 9.97 Å². The molecule has 0 amide bonds. The van der Waals surface area contributed by atoms with E-state index < -0.39 is 0 Å². The summed E-state index contributed by atoms with van der Waals surface area (Å²) in [4.78, 5) is 7.40. The van der Waals surface area contributed by atoms with Crippen LogP contribution in [-0.2, 0) is 12.8 Å². The summed E-state index contributed by atoms with van der Waals surface area (Å²) in [5.41, 5.74) is 1.43. The first-order chi connectivity index (χ1) is 8.93. The second kappa shape index (κ2) is 5.05. The Labute approximate surface area is 107 Å². The Morgan fingerprint density at radius 2 is 1.83 bits per heavy atom. The van der Waals surface area contributed by atoms with E-state index in [2.05, 4.69) is 52.4 Å². The number of aryl methyl sites for hydroxylation is 2. The summed E-state index contributed by atoms with van der Waals surface area (Å²) in [6.07, 6.45) is 6.93. The molecular formula is C16H16N2.